The fraction of sp³-hybridized carbons (Fsp3) is 0.0833. The van der Waals surface area contributed by atoms with Gasteiger partial charge in [0.1, 0.15) is 6.07 Å². The van der Waals surface area contributed by atoms with E-state index in [9.17, 15) is 4.79 Å². The Morgan fingerprint density at radius 1 is 1.50 bits per heavy atom. The smallest absolute Gasteiger partial charge is 0.159 e. The summed E-state index contributed by atoms with van der Waals surface area (Å²) in [7, 11) is 0. The summed E-state index contributed by atoms with van der Waals surface area (Å²) in [6, 6.07) is 9.13. The van der Waals surface area contributed by atoms with Crippen LogP contribution in [0.15, 0.2) is 36.7 Å². The molecule has 0 radical (unpaired) electrons. The highest BCUT2D eigenvalue weighted by atomic mass is 16.1. The molecular formula is C12H9N3O. The second-order valence-corrected chi connectivity index (χ2v) is 3.39. The lowest BCUT2D eigenvalue weighted by molar-refractivity contribution is 0.101. The molecule has 2 rings (SSSR count). The van der Waals surface area contributed by atoms with Crippen LogP contribution in [0.25, 0.3) is 5.69 Å². The molecule has 0 spiro atoms. The minimum absolute atomic E-state index is 0.00881. The fourth-order valence-corrected chi connectivity index (χ4v) is 1.39. The molecule has 0 aliphatic rings. The van der Waals surface area contributed by atoms with E-state index in [0.29, 0.717) is 11.1 Å². The molecule has 0 amide bonds. The average Bonchev–Trinajstić information content (AvgIpc) is 2.77. The van der Waals surface area contributed by atoms with Crippen molar-refractivity contribution in [2.45, 2.75) is 6.92 Å². The van der Waals surface area contributed by atoms with Gasteiger partial charge in [0.05, 0.1) is 17.4 Å². The standard InChI is InChI=1S/C12H9N3O/c1-9(16)11-3-2-4-12(5-11)15-8-10(6-13)7-14-15/h2-5,7-8H,1H3. The van der Waals surface area contributed by atoms with Crippen LogP contribution < -0.4 is 0 Å². The zero-order valence-corrected chi connectivity index (χ0v) is 8.71. The number of nitrogens with zero attached hydrogens (tertiary/aromatic N) is 3. The van der Waals surface area contributed by atoms with Crippen molar-refractivity contribution < 1.29 is 4.79 Å². The van der Waals surface area contributed by atoms with E-state index in [1.54, 1.807) is 29.1 Å². The van der Waals surface area contributed by atoms with Gasteiger partial charge < -0.3 is 0 Å². The first-order valence-corrected chi connectivity index (χ1v) is 4.77. The van der Waals surface area contributed by atoms with Crippen molar-refractivity contribution in [3.05, 3.63) is 47.8 Å². The third-order valence-electron chi connectivity index (χ3n) is 2.23. The molecule has 0 saturated carbocycles. The van der Waals surface area contributed by atoms with Crippen LogP contribution in [0, 0.1) is 11.3 Å². The molecular weight excluding hydrogens is 202 g/mol. The Kier molecular flexibility index (Phi) is 2.52. The second-order valence-electron chi connectivity index (χ2n) is 3.39. The maximum atomic E-state index is 11.2. The van der Waals surface area contributed by atoms with Gasteiger partial charge in [0.25, 0.3) is 0 Å². The molecule has 0 aliphatic heterocycles. The summed E-state index contributed by atoms with van der Waals surface area (Å²) in [4.78, 5) is 11.2. The summed E-state index contributed by atoms with van der Waals surface area (Å²) in [5.41, 5.74) is 1.90. The molecule has 1 aromatic carbocycles. The van der Waals surface area contributed by atoms with Gasteiger partial charge in [0, 0.05) is 11.8 Å². The predicted molar refractivity (Wildman–Crippen MR) is 58.3 cm³/mol. The number of Topliss-reactive ketones (excluding diaryl/α,β-unsaturated/α-hetero) is 1. The second kappa shape index (κ2) is 3.99. The molecule has 0 bridgehead atoms. The molecule has 0 saturated heterocycles. The van der Waals surface area contributed by atoms with Crippen molar-refractivity contribution >= 4 is 5.78 Å². The van der Waals surface area contributed by atoms with Crippen LogP contribution in [-0.4, -0.2) is 15.6 Å². The minimum Gasteiger partial charge on any atom is -0.295 e. The van der Waals surface area contributed by atoms with E-state index in [2.05, 4.69) is 5.10 Å². The number of rotatable bonds is 2. The van der Waals surface area contributed by atoms with E-state index in [4.69, 9.17) is 5.26 Å². The van der Waals surface area contributed by atoms with Gasteiger partial charge in [0.2, 0.25) is 0 Å². The van der Waals surface area contributed by atoms with Gasteiger partial charge in [-0.3, -0.25) is 4.79 Å². The largest absolute Gasteiger partial charge is 0.295 e. The van der Waals surface area contributed by atoms with Gasteiger partial charge in [-0.25, -0.2) is 4.68 Å². The maximum Gasteiger partial charge on any atom is 0.159 e. The Morgan fingerprint density at radius 2 is 2.31 bits per heavy atom. The molecule has 0 aliphatic carbocycles. The fourth-order valence-electron chi connectivity index (χ4n) is 1.39. The van der Waals surface area contributed by atoms with E-state index in [0.717, 1.165) is 5.69 Å². The molecule has 4 heteroatoms. The molecule has 0 fully saturated rings. The summed E-state index contributed by atoms with van der Waals surface area (Å²) in [6.45, 7) is 1.52. The van der Waals surface area contributed by atoms with Crippen LogP contribution >= 0.6 is 0 Å². The number of nitriles is 1. The third kappa shape index (κ3) is 1.84. The van der Waals surface area contributed by atoms with E-state index < -0.39 is 0 Å². The van der Waals surface area contributed by atoms with Crippen LogP contribution in [0.1, 0.15) is 22.8 Å². The lowest BCUT2D eigenvalue weighted by Crippen LogP contribution is -1.98. The van der Waals surface area contributed by atoms with Crippen molar-refractivity contribution in [1.82, 2.24) is 9.78 Å². The van der Waals surface area contributed by atoms with Crippen LogP contribution in [0.4, 0.5) is 0 Å². The highest BCUT2D eigenvalue weighted by molar-refractivity contribution is 5.94. The van der Waals surface area contributed by atoms with E-state index in [1.165, 1.54) is 13.1 Å². The number of hydrogen-bond acceptors (Lipinski definition) is 3. The topological polar surface area (TPSA) is 58.7 Å². The van der Waals surface area contributed by atoms with Crippen molar-refractivity contribution in [2.75, 3.05) is 0 Å². The van der Waals surface area contributed by atoms with Crippen molar-refractivity contribution in [3.63, 3.8) is 0 Å². The average molecular weight is 211 g/mol. The molecule has 0 unspecified atom stereocenters. The van der Waals surface area contributed by atoms with Gasteiger partial charge in [-0.1, -0.05) is 12.1 Å². The van der Waals surface area contributed by atoms with Crippen LogP contribution in [-0.2, 0) is 0 Å². The van der Waals surface area contributed by atoms with E-state index in [1.807, 2.05) is 12.1 Å². The third-order valence-corrected chi connectivity index (χ3v) is 2.23. The number of ketones is 1. The molecule has 78 valence electrons. The Labute approximate surface area is 92.7 Å². The summed E-state index contributed by atoms with van der Waals surface area (Å²) in [5, 5.41) is 12.7. The first kappa shape index (κ1) is 10.1. The first-order chi connectivity index (χ1) is 7.70. The Balaban J connectivity index is 2.44. The van der Waals surface area contributed by atoms with Gasteiger partial charge >= 0.3 is 0 Å². The van der Waals surface area contributed by atoms with Crippen molar-refractivity contribution in [1.29, 1.82) is 5.26 Å². The molecule has 0 N–H and O–H groups in total. The Bertz CT molecular complexity index is 578. The van der Waals surface area contributed by atoms with Gasteiger partial charge in [-0.15, -0.1) is 0 Å². The van der Waals surface area contributed by atoms with E-state index in [-0.39, 0.29) is 5.78 Å². The first-order valence-electron chi connectivity index (χ1n) is 4.77. The zero-order valence-electron chi connectivity index (χ0n) is 8.71. The number of carbonyl (C=O) groups is 1. The lowest BCUT2D eigenvalue weighted by atomic mass is 10.1. The summed E-state index contributed by atoms with van der Waals surface area (Å²) in [5.74, 6) is 0.00881. The van der Waals surface area contributed by atoms with Crippen molar-refractivity contribution in [3.8, 4) is 11.8 Å². The summed E-state index contributed by atoms with van der Waals surface area (Å²) in [6.07, 6.45) is 3.11. The number of hydrogen-bond donors (Lipinski definition) is 0. The number of carbonyl (C=O) groups excluding carboxylic acids is 1. The summed E-state index contributed by atoms with van der Waals surface area (Å²) >= 11 is 0. The zero-order chi connectivity index (χ0) is 11.5. The van der Waals surface area contributed by atoms with Crippen LogP contribution in [0.2, 0.25) is 0 Å². The normalized spacial score (nSPS) is 9.75. The molecule has 4 nitrogen and oxygen atoms in total. The van der Waals surface area contributed by atoms with Gasteiger partial charge in [0.15, 0.2) is 5.78 Å². The number of benzene rings is 1. The molecule has 1 aromatic heterocycles. The van der Waals surface area contributed by atoms with Crippen molar-refractivity contribution in [2.24, 2.45) is 0 Å². The Morgan fingerprint density at radius 3 is 2.94 bits per heavy atom. The molecule has 2 aromatic rings. The highest BCUT2D eigenvalue weighted by Crippen LogP contribution is 2.11. The lowest BCUT2D eigenvalue weighted by Gasteiger charge is -2.02. The van der Waals surface area contributed by atoms with Crippen LogP contribution in [0.5, 0.6) is 0 Å². The Hall–Kier alpha value is -2.41. The minimum atomic E-state index is 0.00881. The highest BCUT2D eigenvalue weighted by Gasteiger charge is 2.03. The summed E-state index contributed by atoms with van der Waals surface area (Å²) < 4.78 is 1.57. The molecule has 1 heterocycles. The van der Waals surface area contributed by atoms with Gasteiger partial charge in [-0.05, 0) is 19.1 Å². The SMILES string of the molecule is CC(=O)c1cccc(-n2cc(C#N)cn2)c1. The monoisotopic (exact) mass is 211 g/mol. The maximum absolute atomic E-state index is 11.2. The van der Waals surface area contributed by atoms with Crippen LogP contribution in [0.3, 0.4) is 0 Å². The van der Waals surface area contributed by atoms with E-state index >= 15 is 0 Å². The number of aromatic nitrogens is 2. The van der Waals surface area contributed by atoms with Gasteiger partial charge in [-0.2, -0.15) is 10.4 Å². The predicted octanol–water partition coefficient (Wildman–Crippen LogP) is 1.95. The molecule has 0 atom stereocenters. The quantitative estimate of drug-likeness (QED) is 0.713. The molecule has 16 heavy (non-hydrogen) atoms.